The molecule has 0 radical (unpaired) electrons. The van der Waals surface area contributed by atoms with Crippen LogP contribution in [0.25, 0.3) is 0 Å². The van der Waals surface area contributed by atoms with Crippen molar-refractivity contribution in [1.82, 2.24) is 4.98 Å². The summed E-state index contributed by atoms with van der Waals surface area (Å²) in [5.74, 6) is 0.908. The van der Waals surface area contributed by atoms with Gasteiger partial charge in [0.15, 0.2) is 0 Å². The van der Waals surface area contributed by atoms with Crippen LogP contribution >= 0.6 is 31.9 Å². The van der Waals surface area contributed by atoms with Gasteiger partial charge in [0.05, 0.1) is 10.2 Å². The summed E-state index contributed by atoms with van der Waals surface area (Å²) >= 11 is 6.67. The molecule has 1 aromatic rings. The Labute approximate surface area is 112 Å². The summed E-state index contributed by atoms with van der Waals surface area (Å²) in [5, 5.41) is 3.07. The average Bonchev–Trinajstić information content (AvgIpc) is 2.13. The smallest absolute Gasteiger partial charge is 0.147 e. The number of pyridine rings is 1. The van der Waals surface area contributed by atoms with Crippen molar-refractivity contribution >= 4 is 47.5 Å². The van der Waals surface area contributed by atoms with Crippen LogP contribution in [0.4, 0.5) is 5.82 Å². The number of nitrogens with zero attached hydrogens (tertiary/aromatic N) is 1. The van der Waals surface area contributed by atoms with Crippen molar-refractivity contribution < 1.29 is 8.42 Å². The number of hydrogen-bond donors (Lipinski definition) is 1. The van der Waals surface area contributed by atoms with Crippen LogP contribution in [0.1, 0.15) is 6.42 Å². The van der Waals surface area contributed by atoms with Crippen molar-refractivity contribution in [3.8, 4) is 0 Å². The van der Waals surface area contributed by atoms with Gasteiger partial charge in [-0.3, -0.25) is 0 Å². The van der Waals surface area contributed by atoms with Gasteiger partial charge in [-0.15, -0.1) is 0 Å². The molecule has 1 aromatic heterocycles. The predicted molar refractivity (Wildman–Crippen MR) is 72.5 cm³/mol. The molecular formula is C9H12Br2N2O2S. The Morgan fingerprint density at radius 2 is 2.12 bits per heavy atom. The first-order chi connectivity index (χ1) is 7.38. The molecule has 0 saturated heterocycles. The Hall–Kier alpha value is -0.140. The summed E-state index contributed by atoms with van der Waals surface area (Å²) in [6, 6.07) is 1.88. The van der Waals surface area contributed by atoms with Gasteiger partial charge in [0.25, 0.3) is 0 Å². The third kappa shape index (κ3) is 5.27. The largest absolute Gasteiger partial charge is 0.369 e. The third-order valence-electron chi connectivity index (χ3n) is 1.79. The van der Waals surface area contributed by atoms with E-state index in [4.69, 9.17) is 0 Å². The lowest BCUT2D eigenvalue weighted by Crippen LogP contribution is -2.10. The zero-order chi connectivity index (χ0) is 12.2. The van der Waals surface area contributed by atoms with E-state index in [-0.39, 0.29) is 5.75 Å². The van der Waals surface area contributed by atoms with Crippen LogP contribution in [0.3, 0.4) is 0 Å². The zero-order valence-corrected chi connectivity index (χ0v) is 12.7. The molecule has 0 bridgehead atoms. The summed E-state index contributed by atoms with van der Waals surface area (Å²) in [5.41, 5.74) is 0. The highest BCUT2D eigenvalue weighted by molar-refractivity contribution is 9.11. The van der Waals surface area contributed by atoms with Gasteiger partial charge in [0.1, 0.15) is 15.7 Å². The van der Waals surface area contributed by atoms with Crippen molar-refractivity contribution in [1.29, 1.82) is 0 Å². The van der Waals surface area contributed by atoms with E-state index in [0.29, 0.717) is 13.0 Å². The van der Waals surface area contributed by atoms with Gasteiger partial charge in [-0.05, 0) is 44.3 Å². The fourth-order valence-corrected chi connectivity index (χ4v) is 2.88. The van der Waals surface area contributed by atoms with Gasteiger partial charge in [-0.1, -0.05) is 0 Å². The van der Waals surface area contributed by atoms with Gasteiger partial charge in [-0.25, -0.2) is 13.4 Å². The minimum atomic E-state index is -2.88. The van der Waals surface area contributed by atoms with Crippen molar-refractivity contribution in [2.75, 3.05) is 23.9 Å². The summed E-state index contributed by atoms with van der Waals surface area (Å²) in [6.45, 7) is 0.584. The molecule has 4 nitrogen and oxygen atoms in total. The minimum Gasteiger partial charge on any atom is -0.369 e. The van der Waals surface area contributed by atoms with E-state index < -0.39 is 9.84 Å². The Morgan fingerprint density at radius 3 is 2.69 bits per heavy atom. The highest BCUT2D eigenvalue weighted by atomic mass is 79.9. The third-order valence-corrected chi connectivity index (χ3v) is 3.86. The fourth-order valence-electron chi connectivity index (χ4n) is 1.09. The maximum Gasteiger partial charge on any atom is 0.147 e. The van der Waals surface area contributed by atoms with E-state index in [9.17, 15) is 8.42 Å². The summed E-state index contributed by atoms with van der Waals surface area (Å²) < 4.78 is 23.5. The molecule has 1 heterocycles. The van der Waals surface area contributed by atoms with E-state index >= 15 is 0 Å². The highest BCUT2D eigenvalue weighted by Gasteiger charge is 2.03. The number of hydrogen-bond acceptors (Lipinski definition) is 4. The Balaban J connectivity index is 2.43. The van der Waals surface area contributed by atoms with Crippen LogP contribution in [0, 0.1) is 0 Å². The second kappa shape index (κ2) is 5.97. The fraction of sp³-hybridized carbons (Fsp3) is 0.444. The minimum absolute atomic E-state index is 0.189. The number of aromatic nitrogens is 1. The molecule has 1 N–H and O–H groups in total. The second-order valence-corrected chi connectivity index (χ2v) is 7.42. The molecule has 16 heavy (non-hydrogen) atoms. The molecule has 0 spiro atoms. The predicted octanol–water partition coefficient (Wildman–Crippen LogP) is 2.45. The lowest BCUT2D eigenvalue weighted by molar-refractivity contribution is 0.600. The average molecular weight is 372 g/mol. The summed E-state index contributed by atoms with van der Waals surface area (Å²) in [4.78, 5) is 4.16. The first-order valence-electron chi connectivity index (χ1n) is 4.61. The van der Waals surface area contributed by atoms with Gasteiger partial charge in [0, 0.05) is 23.5 Å². The Kier molecular flexibility index (Phi) is 5.20. The normalized spacial score (nSPS) is 11.4. The quantitative estimate of drug-likeness (QED) is 0.807. The maximum absolute atomic E-state index is 10.9. The molecule has 0 aliphatic carbocycles. The van der Waals surface area contributed by atoms with Crippen molar-refractivity contribution in [2.45, 2.75) is 6.42 Å². The van der Waals surface area contributed by atoms with E-state index in [1.54, 1.807) is 6.20 Å². The molecule has 0 aromatic carbocycles. The topological polar surface area (TPSA) is 59.1 Å². The number of anilines is 1. The molecule has 0 aliphatic heterocycles. The Morgan fingerprint density at radius 1 is 1.44 bits per heavy atom. The van der Waals surface area contributed by atoms with Crippen LogP contribution in [0.15, 0.2) is 21.2 Å². The van der Waals surface area contributed by atoms with Gasteiger partial charge >= 0.3 is 0 Å². The van der Waals surface area contributed by atoms with Crippen LogP contribution < -0.4 is 5.32 Å². The molecule has 1 rings (SSSR count). The first kappa shape index (κ1) is 13.9. The highest BCUT2D eigenvalue weighted by Crippen LogP contribution is 2.23. The maximum atomic E-state index is 10.9. The molecule has 0 aliphatic rings. The lowest BCUT2D eigenvalue weighted by atomic mass is 10.4. The molecule has 0 amide bonds. The Bertz CT molecular complexity index is 463. The zero-order valence-electron chi connectivity index (χ0n) is 8.70. The molecule has 0 unspecified atom stereocenters. The molecular weight excluding hydrogens is 360 g/mol. The van der Waals surface area contributed by atoms with Gasteiger partial charge in [0.2, 0.25) is 0 Å². The monoisotopic (exact) mass is 370 g/mol. The first-order valence-corrected chi connectivity index (χ1v) is 8.26. The standard InChI is InChI=1S/C9H12Br2N2O2S/c1-16(14,15)4-2-3-12-9-8(11)5-7(10)6-13-9/h5-6H,2-4H2,1H3,(H,12,13). The summed E-state index contributed by atoms with van der Waals surface area (Å²) in [6.07, 6.45) is 3.49. The number of rotatable bonds is 5. The molecule has 90 valence electrons. The van der Waals surface area contributed by atoms with E-state index in [1.807, 2.05) is 6.07 Å². The van der Waals surface area contributed by atoms with Crippen LogP contribution in [-0.2, 0) is 9.84 Å². The van der Waals surface area contributed by atoms with Crippen LogP contribution in [-0.4, -0.2) is 32.0 Å². The van der Waals surface area contributed by atoms with Crippen molar-refractivity contribution in [3.05, 3.63) is 21.2 Å². The second-order valence-electron chi connectivity index (χ2n) is 3.39. The van der Waals surface area contributed by atoms with E-state index in [2.05, 4.69) is 42.2 Å². The number of halogens is 2. The number of nitrogens with one attached hydrogen (secondary N) is 1. The van der Waals surface area contributed by atoms with Gasteiger partial charge in [-0.2, -0.15) is 0 Å². The van der Waals surface area contributed by atoms with Crippen LogP contribution in [0.5, 0.6) is 0 Å². The van der Waals surface area contributed by atoms with Crippen molar-refractivity contribution in [3.63, 3.8) is 0 Å². The lowest BCUT2D eigenvalue weighted by Gasteiger charge is -2.07. The van der Waals surface area contributed by atoms with Gasteiger partial charge < -0.3 is 5.32 Å². The molecule has 0 saturated carbocycles. The molecule has 7 heteroatoms. The SMILES string of the molecule is CS(=O)(=O)CCCNc1ncc(Br)cc1Br. The van der Waals surface area contributed by atoms with E-state index in [1.165, 1.54) is 6.26 Å². The molecule has 0 atom stereocenters. The van der Waals surface area contributed by atoms with Crippen LogP contribution in [0.2, 0.25) is 0 Å². The van der Waals surface area contributed by atoms with Crippen molar-refractivity contribution in [2.24, 2.45) is 0 Å². The van der Waals surface area contributed by atoms with E-state index in [0.717, 1.165) is 14.8 Å². The molecule has 0 fully saturated rings. The number of sulfone groups is 1. The summed E-state index contributed by atoms with van der Waals surface area (Å²) in [7, 11) is -2.88.